The van der Waals surface area contributed by atoms with Crippen molar-refractivity contribution in [2.75, 3.05) is 34.9 Å². The van der Waals surface area contributed by atoms with Gasteiger partial charge in [0.05, 0.1) is 21.2 Å². The van der Waals surface area contributed by atoms with Gasteiger partial charge in [-0.15, -0.1) is 0 Å². The minimum Gasteiger partial charge on any atom is -0.489 e. The molecule has 0 spiro atoms. The summed E-state index contributed by atoms with van der Waals surface area (Å²) in [5, 5.41) is 0.161. The smallest absolute Gasteiger partial charge is 0.264 e. The minimum absolute atomic E-state index is 0.0440. The quantitative estimate of drug-likeness (QED) is 0.0881. The third-order valence-corrected chi connectivity index (χ3v) is 27.4. The highest BCUT2D eigenvalue weighted by Gasteiger charge is 2.43. The van der Waals surface area contributed by atoms with Crippen molar-refractivity contribution in [3.8, 4) is 11.5 Å². The van der Waals surface area contributed by atoms with Crippen molar-refractivity contribution in [1.29, 1.82) is 0 Å². The topological polar surface area (TPSA) is 112 Å². The number of anilines is 2. The lowest BCUT2D eigenvalue weighted by Gasteiger charge is -2.37. The number of hydrogen-bond acceptors (Lipinski definition) is 8. The Balaban J connectivity index is 0.000000211. The zero-order valence-corrected chi connectivity index (χ0v) is 47.9. The molecule has 0 aromatic heterocycles. The molecule has 0 bridgehead atoms. The van der Waals surface area contributed by atoms with Gasteiger partial charge in [-0.25, -0.2) is 16.8 Å². The first kappa shape index (κ1) is 54.5. The Hall–Kier alpha value is -5.23. The van der Waals surface area contributed by atoms with Gasteiger partial charge < -0.3 is 18.3 Å². The fourth-order valence-electron chi connectivity index (χ4n) is 8.09. The van der Waals surface area contributed by atoms with E-state index in [1.807, 2.05) is 135 Å². The van der Waals surface area contributed by atoms with E-state index in [2.05, 4.69) is 67.7 Å². The fraction of sp³-hybridized carbons (Fsp3) is 0.379. The van der Waals surface area contributed by atoms with Crippen molar-refractivity contribution in [3.63, 3.8) is 0 Å². The largest absolute Gasteiger partial charge is 0.489 e. The molecular formula is C58H74N2O8S2Si2. The molecule has 0 saturated heterocycles. The van der Waals surface area contributed by atoms with Crippen molar-refractivity contribution in [3.05, 3.63) is 179 Å². The Labute approximate surface area is 432 Å². The van der Waals surface area contributed by atoms with Gasteiger partial charge in [0, 0.05) is 50.3 Å². The Morgan fingerprint density at radius 1 is 0.486 bits per heavy atom. The standard InChI is InChI=1S/2C29H37NO4SSi/c2*1-22-12-15-26(16-13-22)35(31,32)30-19-24(21-34-36(5,6)29(2,3)4)27-17-14-25(18-28(27)30)33-20-23-10-8-7-9-11-23/h2*7-18,24H,19-21H2,1-6H3/t2*24-/m00/s1. The number of ether oxygens (including phenoxy) is 2. The van der Waals surface area contributed by atoms with Gasteiger partial charge in [0.1, 0.15) is 24.7 Å². The number of rotatable bonds is 16. The first-order valence-electron chi connectivity index (χ1n) is 24.8. The van der Waals surface area contributed by atoms with Crippen LogP contribution in [-0.4, -0.2) is 59.8 Å². The van der Waals surface area contributed by atoms with Crippen molar-refractivity contribution < 1.29 is 35.2 Å². The zero-order valence-electron chi connectivity index (χ0n) is 44.2. The second kappa shape index (κ2) is 21.7. The first-order valence-corrected chi connectivity index (χ1v) is 33.5. The molecule has 0 radical (unpaired) electrons. The Morgan fingerprint density at radius 3 is 1.14 bits per heavy atom. The highest BCUT2D eigenvalue weighted by molar-refractivity contribution is 7.93. The summed E-state index contributed by atoms with van der Waals surface area (Å²) in [5.41, 5.74) is 7.47. The van der Waals surface area contributed by atoms with Crippen LogP contribution in [0.5, 0.6) is 11.5 Å². The summed E-state index contributed by atoms with van der Waals surface area (Å²) in [6, 6.07) is 45.5. The van der Waals surface area contributed by atoms with E-state index in [0.717, 1.165) is 33.4 Å². The number of hydrogen-bond donors (Lipinski definition) is 0. The molecule has 0 amide bonds. The predicted molar refractivity (Wildman–Crippen MR) is 298 cm³/mol. The van der Waals surface area contributed by atoms with Crippen LogP contribution in [0.1, 0.15) is 86.8 Å². The van der Waals surface area contributed by atoms with Crippen molar-refractivity contribution >= 4 is 48.1 Å². The van der Waals surface area contributed by atoms with Gasteiger partial charge in [-0.3, -0.25) is 8.61 Å². The summed E-state index contributed by atoms with van der Waals surface area (Å²) in [5.74, 6) is 1.20. The second-order valence-corrected chi connectivity index (χ2v) is 35.6. The molecule has 72 heavy (non-hydrogen) atoms. The van der Waals surface area contributed by atoms with E-state index in [0.29, 0.717) is 72.2 Å². The fourth-order valence-corrected chi connectivity index (χ4v) is 13.2. The Bertz CT molecular complexity index is 2810. The van der Waals surface area contributed by atoms with E-state index >= 15 is 0 Å². The summed E-state index contributed by atoms with van der Waals surface area (Å²) in [7, 11) is -11.4. The number of fused-ring (bicyclic) bond motifs is 2. The normalized spacial score (nSPS) is 16.2. The monoisotopic (exact) mass is 1050 g/mol. The van der Waals surface area contributed by atoms with Crippen molar-refractivity contribution in [2.24, 2.45) is 0 Å². The molecule has 8 rings (SSSR count). The third-order valence-electron chi connectivity index (χ3n) is 14.8. The van der Waals surface area contributed by atoms with Gasteiger partial charge in [0.2, 0.25) is 0 Å². The van der Waals surface area contributed by atoms with E-state index in [1.54, 1.807) is 24.3 Å². The predicted octanol–water partition coefficient (Wildman–Crippen LogP) is 13.8. The highest BCUT2D eigenvalue weighted by atomic mass is 32.2. The summed E-state index contributed by atoms with van der Waals surface area (Å²) < 4.78 is 83.3. The average Bonchev–Trinajstić information content (AvgIpc) is 3.90. The van der Waals surface area contributed by atoms with Gasteiger partial charge in [-0.2, -0.15) is 0 Å². The van der Waals surface area contributed by atoms with Gasteiger partial charge in [-0.1, -0.05) is 150 Å². The van der Waals surface area contributed by atoms with E-state index in [9.17, 15) is 16.8 Å². The van der Waals surface area contributed by atoms with Crippen LogP contribution < -0.4 is 18.1 Å². The number of sulfonamides is 2. The lowest BCUT2D eigenvalue weighted by atomic mass is 10.0. The summed E-state index contributed by atoms with van der Waals surface area (Å²) in [6.07, 6.45) is 0. The van der Waals surface area contributed by atoms with Gasteiger partial charge in [0.25, 0.3) is 20.0 Å². The molecule has 0 aliphatic carbocycles. The van der Waals surface area contributed by atoms with Crippen molar-refractivity contribution in [1.82, 2.24) is 0 Å². The van der Waals surface area contributed by atoms with Crippen LogP contribution in [0.2, 0.25) is 36.3 Å². The molecular weight excluding hydrogens is 973 g/mol. The molecule has 10 nitrogen and oxygen atoms in total. The van der Waals surface area contributed by atoms with Crippen LogP contribution in [0.4, 0.5) is 11.4 Å². The van der Waals surface area contributed by atoms with Crippen molar-refractivity contribution in [2.45, 2.75) is 126 Å². The molecule has 0 N–H and O–H groups in total. The van der Waals surface area contributed by atoms with E-state index in [4.69, 9.17) is 18.3 Å². The number of aryl methyl sites for hydroxylation is 2. The van der Waals surface area contributed by atoms with Gasteiger partial charge in [-0.05, 0) is 109 Å². The molecule has 14 heteroatoms. The summed E-state index contributed by atoms with van der Waals surface area (Å²) >= 11 is 0. The van der Waals surface area contributed by atoms with Crippen LogP contribution in [0.25, 0.3) is 0 Å². The van der Waals surface area contributed by atoms with E-state index in [-0.39, 0.29) is 21.9 Å². The van der Waals surface area contributed by atoms with Gasteiger partial charge in [0.15, 0.2) is 16.6 Å². The van der Waals surface area contributed by atoms with Crippen LogP contribution in [0, 0.1) is 13.8 Å². The SMILES string of the molecule is Cc1ccc(S(=O)(=O)N2C[C@@H](CO[Si](C)(C)C(C)(C)C)c3ccc(OCc4ccccc4)cc32)cc1.Cc1ccc(S(=O)(=O)N2C[C@@H](CO[Si](C)(C)C(C)(C)C)c3ccc(OCc4ccccc4)cc32)cc1. The molecule has 2 aliphatic rings. The lowest BCUT2D eigenvalue weighted by molar-refractivity contribution is 0.268. The third kappa shape index (κ3) is 12.6. The average molecular weight is 1050 g/mol. The molecule has 2 aliphatic heterocycles. The Morgan fingerprint density at radius 2 is 0.819 bits per heavy atom. The van der Waals surface area contributed by atoms with E-state index < -0.39 is 36.7 Å². The molecule has 2 atom stereocenters. The van der Waals surface area contributed by atoms with Gasteiger partial charge >= 0.3 is 0 Å². The molecule has 0 fully saturated rings. The van der Waals surface area contributed by atoms with Crippen LogP contribution in [0.3, 0.4) is 0 Å². The minimum atomic E-state index is -3.73. The van der Waals surface area contributed by atoms with Crippen LogP contribution in [0.15, 0.2) is 155 Å². The first-order chi connectivity index (χ1) is 33.8. The molecule has 384 valence electrons. The Kier molecular flexibility index (Phi) is 16.4. The number of nitrogens with zero attached hydrogens (tertiary/aromatic N) is 2. The van der Waals surface area contributed by atoms with Crippen LogP contribution >= 0.6 is 0 Å². The molecule has 0 saturated carbocycles. The zero-order chi connectivity index (χ0) is 52.3. The number of benzene rings is 6. The summed E-state index contributed by atoms with van der Waals surface area (Å²) in [6.45, 7) is 28.6. The molecule has 0 unspecified atom stereocenters. The second-order valence-electron chi connectivity index (χ2n) is 22.2. The molecule has 6 aromatic carbocycles. The highest BCUT2D eigenvalue weighted by Crippen LogP contribution is 2.46. The van der Waals surface area contributed by atoms with E-state index in [1.165, 1.54) is 8.61 Å². The lowest BCUT2D eigenvalue weighted by Crippen LogP contribution is -2.42. The maximum Gasteiger partial charge on any atom is 0.264 e. The summed E-state index contributed by atoms with van der Waals surface area (Å²) in [4.78, 5) is 0.584. The van der Waals surface area contributed by atoms with Crippen LogP contribution in [-0.2, 0) is 42.1 Å². The molecule has 6 aromatic rings. The maximum absolute atomic E-state index is 13.8. The maximum atomic E-state index is 13.8. The molecule has 2 heterocycles.